The van der Waals surface area contributed by atoms with Crippen molar-refractivity contribution in [2.45, 2.75) is 0 Å². The molecule has 0 fully saturated rings. The van der Waals surface area contributed by atoms with Crippen LogP contribution in [0.2, 0.25) is 0 Å². The second-order valence-electron chi connectivity index (χ2n) is 0.338. The zero-order valence-electron chi connectivity index (χ0n) is 1.93. The van der Waals surface area contributed by atoms with Crippen LogP contribution in [0.15, 0.2) is 0 Å². The fourth-order valence-corrected chi connectivity index (χ4v) is 0. The summed E-state index contributed by atoms with van der Waals surface area (Å²) in [5.41, 5.74) is 4.71. The van der Waals surface area contributed by atoms with Crippen LogP contribution in [0.5, 0.6) is 0 Å². The summed E-state index contributed by atoms with van der Waals surface area (Å²) in [5.74, 6) is 0. The molecule has 2 N–H and O–H groups in total. The van der Waals surface area contributed by atoms with Gasteiger partial charge in [0.2, 0.25) is 0 Å². The van der Waals surface area contributed by atoms with Crippen molar-refractivity contribution in [2.24, 2.45) is 5.73 Å². The molecule has 0 aromatic heterocycles. The van der Waals surface area contributed by atoms with Crippen LogP contribution >= 0.6 is 24.8 Å². The Morgan fingerprint density at radius 2 is 1.80 bits per heavy atom. The predicted octanol–water partition coefficient (Wildman–Crippen LogP) is -0.489. The Morgan fingerprint density at radius 3 is 1.80 bits per heavy atom. The number of thiocarbonyl (C=S) groups is 1. The summed E-state index contributed by atoms with van der Waals surface area (Å²) in [6, 6.07) is 0. The van der Waals surface area contributed by atoms with E-state index in [0.717, 1.165) is 0 Å². The van der Waals surface area contributed by atoms with Crippen molar-refractivity contribution in [3.8, 4) is 0 Å². The van der Waals surface area contributed by atoms with Crippen LogP contribution < -0.4 is 5.73 Å². The van der Waals surface area contributed by atoms with E-state index in [9.17, 15) is 0 Å². The topological polar surface area (TPSA) is 26.0 Å². The Morgan fingerprint density at radius 1 is 1.80 bits per heavy atom. The summed E-state index contributed by atoms with van der Waals surface area (Å²) in [5, 5.41) is 0. The van der Waals surface area contributed by atoms with Gasteiger partial charge < -0.3 is 5.73 Å². The summed E-state index contributed by atoms with van der Waals surface area (Å²) in [6.07, 6.45) is 0. The molecule has 1 nitrogen and oxygen atoms in total. The zero-order chi connectivity index (χ0) is 3.58. The zero-order valence-corrected chi connectivity index (χ0v) is 3.64. The van der Waals surface area contributed by atoms with E-state index >= 15 is 0 Å². The Kier molecular flexibility index (Phi) is 9.99. The first-order valence-corrected chi connectivity index (χ1v) is 1.57. The van der Waals surface area contributed by atoms with Gasteiger partial charge in [0.05, 0.1) is 0 Å². The predicted molar refractivity (Wildman–Crippen MR) is 32.9 cm³/mol. The van der Waals surface area contributed by atoms with Gasteiger partial charge in [0.1, 0.15) is 4.32 Å². The van der Waals surface area contributed by atoms with Gasteiger partial charge in [-0.05, 0) is 0 Å². The fraction of sp³-hybridized carbons (Fsp3) is 0. The molecule has 0 atom stereocenters. The third kappa shape index (κ3) is 35.8. The summed E-state index contributed by atoms with van der Waals surface area (Å²) < 4.78 is 0.194. The number of hydrogen-bond acceptors (Lipinski definition) is 1. The van der Waals surface area contributed by atoms with Crippen molar-refractivity contribution in [3.05, 3.63) is 0 Å². The van der Waals surface area contributed by atoms with Gasteiger partial charge in [0.25, 0.3) is 0 Å². The van der Waals surface area contributed by atoms with Crippen molar-refractivity contribution in [1.29, 1.82) is 0 Å². The van der Waals surface area contributed by atoms with E-state index in [2.05, 4.69) is 24.8 Å². The Bertz CT molecular complexity index is 32.6. The van der Waals surface area contributed by atoms with Crippen LogP contribution in [0.4, 0.5) is 0 Å². The normalized spacial score (nSPS) is 5.00. The monoisotopic (exact) mass is 117 g/mol. The molecule has 4 heteroatoms. The van der Waals surface area contributed by atoms with Crippen molar-refractivity contribution in [1.82, 2.24) is 0 Å². The van der Waals surface area contributed by atoms with Gasteiger partial charge in [-0.15, -0.1) is 12.6 Å². The third-order valence-corrected chi connectivity index (χ3v) is 0. The molecule has 0 spiro atoms. The first-order chi connectivity index (χ1) is 1.73. The average Bonchev–Trinajstić information content (AvgIpc) is 0.811. The molecule has 0 aromatic carbocycles. The molecule has 26 valence electrons. The minimum atomic E-state index is 0. The van der Waals surface area contributed by atoms with Gasteiger partial charge in [-0.25, -0.2) is 0 Å². The SMILES string of the molecule is NC(=S)S.[NaH]. The molecule has 0 bridgehead atoms. The number of hydrogen-bond donors (Lipinski definition) is 2. The molecule has 0 aromatic rings. The number of thiol groups is 1. The molecule has 5 heavy (non-hydrogen) atoms. The molecule has 0 aliphatic heterocycles. The van der Waals surface area contributed by atoms with E-state index in [4.69, 9.17) is 5.73 Å². The summed E-state index contributed by atoms with van der Waals surface area (Å²) in [4.78, 5) is 0. The molecule has 0 unspecified atom stereocenters. The van der Waals surface area contributed by atoms with Crippen molar-refractivity contribution >= 4 is 58.7 Å². The third-order valence-electron chi connectivity index (χ3n) is 0. The van der Waals surface area contributed by atoms with Gasteiger partial charge in [-0.3, -0.25) is 0 Å². The van der Waals surface area contributed by atoms with Crippen LogP contribution in [0.25, 0.3) is 0 Å². The second-order valence-corrected chi connectivity index (χ2v) is 1.56. The maximum absolute atomic E-state index is 4.71. The summed E-state index contributed by atoms with van der Waals surface area (Å²) in [6.45, 7) is 0. The second kappa shape index (κ2) is 5.24. The minimum absolute atomic E-state index is 0. The molecule has 0 saturated heterocycles. The van der Waals surface area contributed by atoms with E-state index in [1.165, 1.54) is 0 Å². The number of rotatable bonds is 0. The van der Waals surface area contributed by atoms with Crippen molar-refractivity contribution < 1.29 is 0 Å². The molecule has 0 radical (unpaired) electrons. The summed E-state index contributed by atoms with van der Waals surface area (Å²) >= 11 is 7.65. The van der Waals surface area contributed by atoms with E-state index in [1.807, 2.05) is 0 Å². The van der Waals surface area contributed by atoms with Crippen LogP contribution in [0.3, 0.4) is 0 Å². The molecule has 0 aliphatic carbocycles. The van der Waals surface area contributed by atoms with Crippen LogP contribution in [0.1, 0.15) is 0 Å². The standard InChI is InChI=1S/CH3NS2.Na.H/c2-1(3)4;;/h(H3,2,3,4);;. The Labute approximate surface area is 64.0 Å². The van der Waals surface area contributed by atoms with E-state index in [-0.39, 0.29) is 33.9 Å². The van der Waals surface area contributed by atoms with Gasteiger partial charge in [-0.1, -0.05) is 12.2 Å². The van der Waals surface area contributed by atoms with E-state index < -0.39 is 0 Å². The first kappa shape index (κ1) is 9.53. The molecule has 0 aliphatic rings. The van der Waals surface area contributed by atoms with Gasteiger partial charge in [0.15, 0.2) is 0 Å². The Hall–Kier alpha value is 1.24. The van der Waals surface area contributed by atoms with Gasteiger partial charge >= 0.3 is 29.6 Å². The average molecular weight is 117 g/mol. The first-order valence-electron chi connectivity index (χ1n) is 0.716. The Balaban J connectivity index is 0. The van der Waals surface area contributed by atoms with Gasteiger partial charge in [-0.2, -0.15) is 0 Å². The molecule has 0 saturated carbocycles. The molecule has 0 heterocycles. The van der Waals surface area contributed by atoms with E-state index in [1.54, 1.807) is 0 Å². The van der Waals surface area contributed by atoms with Gasteiger partial charge in [0, 0.05) is 0 Å². The van der Waals surface area contributed by atoms with Crippen LogP contribution in [0, 0.1) is 0 Å². The quantitative estimate of drug-likeness (QED) is 0.254. The maximum atomic E-state index is 4.71. The molecular weight excluding hydrogens is 113 g/mol. The summed E-state index contributed by atoms with van der Waals surface area (Å²) in [7, 11) is 0. The van der Waals surface area contributed by atoms with Crippen LogP contribution in [-0.2, 0) is 0 Å². The van der Waals surface area contributed by atoms with Crippen LogP contribution in [-0.4, -0.2) is 33.9 Å². The fourth-order valence-electron chi connectivity index (χ4n) is 0. The molecular formula is CH4NNaS2. The van der Waals surface area contributed by atoms with Crippen molar-refractivity contribution in [3.63, 3.8) is 0 Å². The van der Waals surface area contributed by atoms with E-state index in [0.29, 0.717) is 0 Å². The molecule has 0 rings (SSSR count). The number of nitrogens with two attached hydrogens (primary N) is 1. The molecule has 0 amide bonds. The van der Waals surface area contributed by atoms with Crippen molar-refractivity contribution in [2.75, 3.05) is 0 Å².